The number of para-hydroxylation sites is 1. The summed E-state index contributed by atoms with van der Waals surface area (Å²) in [4.78, 5) is 0. The summed E-state index contributed by atoms with van der Waals surface area (Å²) in [5.74, 6) is 1.33. The molecule has 0 spiro atoms. The van der Waals surface area contributed by atoms with E-state index >= 15 is 0 Å². The van der Waals surface area contributed by atoms with Crippen LogP contribution in [0, 0.1) is 0 Å². The number of hydrogen-bond donors (Lipinski definition) is 2. The second-order valence-electron chi connectivity index (χ2n) is 4.69. The molecule has 0 radical (unpaired) electrons. The van der Waals surface area contributed by atoms with Crippen LogP contribution in [0.5, 0.6) is 17.2 Å². The predicted octanol–water partition coefficient (Wildman–Crippen LogP) is 3.69. The van der Waals surface area contributed by atoms with Crippen molar-refractivity contribution >= 4 is 22.1 Å². The van der Waals surface area contributed by atoms with Gasteiger partial charge in [-0.25, -0.2) is 0 Å². The molecule has 0 bridgehead atoms. The van der Waals surface area contributed by atoms with Crippen LogP contribution in [0.2, 0.25) is 0 Å². The molecule has 0 aliphatic rings. The highest BCUT2D eigenvalue weighted by molar-refractivity contribution is 9.10. The smallest absolute Gasteiger partial charge is 0.172 e. The van der Waals surface area contributed by atoms with Gasteiger partial charge in [-0.2, -0.15) is 5.10 Å². The molecule has 122 valence electrons. The first-order valence-electron chi connectivity index (χ1n) is 7.18. The van der Waals surface area contributed by atoms with E-state index in [4.69, 9.17) is 9.47 Å². The second-order valence-corrected chi connectivity index (χ2v) is 5.54. The number of ether oxygens (including phenoxy) is 2. The molecule has 2 aromatic carbocycles. The highest BCUT2D eigenvalue weighted by atomic mass is 79.9. The summed E-state index contributed by atoms with van der Waals surface area (Å²) < 4.78 is 11.2. The lowest BCUT2D eigenvalue weighted by Crippen LogP contribution is -2.07. The van der Waals surface area contributed by atoms with Crippen molar-refractivity contribution in [2.75, 3.05) is 13.7 Å². The fourth-order valence-corrected chi connectivity index (χ4v) is 2.49. The molecule has 0 unspecified atom stereocenters. The third-order valence-electron chi connectivity index (χ3n) is 3.12. The maximum atomic E-state index is 9.89. The van der Waals surface area contributed by atoms with Gasteiger partial charge in [0.2, 0.25) is 0 Å². The highest BCUT2D eigenvalue weighted by Crippen LogP contribution is 2.35. The lowest BCUT2D eigenvalue weighted by molar-refractivity contribution is 0.317. The Labute approximate surface area is 144 Å². The number of benzene rings is 2. The third kappa shape index (κ3) is 4.63. The molecule has 0 saturated carbocycles. The van der Waals surface area contributed by atoms with Gasteiger partial charge in [0.1, 0.15) is 5.75 Å². The molecule has 2 N–H and O–H groups in total. The van der Waals surface area contributed by atoms with E-state index in [1.165, 1.54) is 0 Å². The minimum atomic E-state index is 0.0889. The van der Waals surface area contributed by atoms with E-state index in [9.17, 15) is 5.11 Å². The van der Waals surface area contributed by atoms with Gasteiger partial charge in [-0.1, -0.05) is 18.2 Å². The summed E-state index contributed by atoms with van der Waals surface area (Å²) in [5, 5.41) is 14.1. The third-order valence-corrected chi connectivity index (χ3v) is 3.72. The summed E-state index contributed by atoms with van der Waals surface area (Å²) in [6, 6.07) is 11.3. The number of phenols is 1. The van der Waals surface area contributed by atoms with Crippen LogP contribution in [-0.4, -0.2) is 25.0 Å². The first-order chi connectivity index (χ1) is 11.2. The fourth-order valence-electron chi connectivity index (χ4n) is 2.03. The molecule has 5 nitrogen and oxygen atoms in total. The number of nitrogens with zero attached hydrogens (tertiary/aromatic N) is 1. The van der Waals surface area contributed by atoms with Crippen molar-refractivity contribution < 1.29 is 14.6 Å². The van der Waals surface area contributed by atoms with Crippen LogP contribution in [0.25, 0.3) is 0 Å². The van der Waals surface area contributed by atoms with Crippen LogP contribution in [-0.2, 0) is 6.54 Å². The molecule has 2 aromatic rings. The Bertz CT molecular complexity index is 690. The van der Waals surface area contributed by atoms with E-state index in [-0.39, 0.29) is 5.75 Å². The van der Waals surface area contributed by atoms with Gasteiger partial charge >= 0.3 is 0 Å². The van der Waals surface area contributed by atoms with Crippen molar-refractivity contribution in [3.63, 3.8) is 0 Å². The van der Waals surface area contributed by atoms with Crippen molar-refractivity contribution in [1.29, 1.82) is 0 Å². The summed E-state index contributed by atoms with van der Waals surface area (Å²) in [6.07, 6.45) is 1.67. The van der Waals surface area contributed by atoms with Crippen LogP contribution in [0.1, 0.15) is 18.1 Å². The Kier molecular flexibility index (Phi) is 6.29. The normalized spacial score (nSPS) is 10.7. The number of phenolic OH excluding ortho intramolecular Hbond substituents is 1. The van der Waals surface area contributed by atoms with Gasteiger partial charge in [0.05, 0.1) is 30.9 Å². The zero-order chi connectivity index (χ0) is 16.7. The number of halogens is 1. The minimum absolute atomic E-state index is 0.0889. The van der Waals surface area contributed by atoms with Gasteiger partial charge in [0, 0.05) is 5.56 Å². The van der Waals surface area contributed by atoms with Crippen LogP contribution in [0.4, 0.5) is 0 Å². The molecule has 23 heavy (non-hydrogen) atoms. The molecule has 0 aromatic heterocycles. The lowest BCUT2D eigenvalue weighted by Gasteiger charge is -2.09. The molecular formula is C17H19BrN2O3. The number of aromatic hydroxyl groups is 1. The number of hydrazone groups is 1. The zero-order valence-electron chi connectivity index (χ0n) is 13.0. The average Bonchev–Trinajstić information content (AvgIpc) is 2.56. The van der Waals surface area contributed by atoms with E-state index in [1.54, 1.807) is 25.5 Å². The van der Waals surface area contributed by atoms with E-state index in [0.29, 0.717) is 23.4 Å². The quantitative estimate of drug-likeness (QED) is 0.569. The van der Waals surface area contributed by atoms with E-state index in [1.807, 2.05) is 31.2 Å². The summed E-state index contributed by atoms with van der Waals surface area (Å²) in [7, 11) is 1.64. The molecule has 0 heterocycles. The van der Waals surface area contributed by atoms with Crippen molar-refractivity contribution in [2.45, 2.75) is 13.5 Å². The molecule has 2 rings (SSSR count). The Morgan fingerprint density at radius 3 is 2.78 bits per heavy atom. The van der Waals surface area contributed by atoms with Gasteiger partial charge in [-0.05, 0) is 46.6 Å². The molecular weight excluding hydrogens is 360 g/mol. The first-order valence-corrected chi connectivity index (χ1v) is 7.98. The molecule has 0 saturated heterocycles. The minimum Gasteiger partial charge on any atom is -0.503 e. The average molecular weight is 379 g/mol. The molecule has 0 fully saturated rings. The van der Waals surface area contributed by atoms with Crippen molar-refractivity contribution in [1.82, 2.24) is 5.43 Å². The predicted molar refractivity (Wildman–Crippen MR) is 94.4 cm³/mol. The van der Waals surface area contributed by atoms with Crippen LogP contribution in [0.15, 0.2) is 46.0 Å². The van der Waals surface area contributed by atoms with Crippen LogP contribution >= 0.6 is 15.9 Å². The summed E-state index contributed by atoms with van der Waals surface area (Å²) in [5.41, 5.74) is 4.81. The lowest BCUT2D eigenvalue weighted by atomic mass is 10.2. The van der Waals surface area contributed by atoms with Gasteiger partial charge < -0.3 is 20.0 Å². The number of hydrogen-bond acceptors (Lipinski definition) is 5. The number of rotatable bonds is 7. The van der Waals surface area contributed by atoms with Gasteiger partial charge in [0.15, 0.2) is 11.5 Å². The van der Waals surface area contributed by atoms with Gasteiger partial charge in [0.25, 0.3) is 0 Å². The molecule has 0 amide bonds. The summed E-state index contributed by atoms with van der Waals surface area (Å²) in [6.45, 7) is 2.90. The first kappa shape index (κ1) is 17.1. The monoisotopic (exact) mass is 378 g/mol. The van der Waals surface area contributed by atoms with Crippen LogP contribution in [0.3, 0.4) is 0 Å². The Hall–Kier alpha value is -2.21. The zero-order valence-corrected chi connectivity index (χ0v) is 14.6. The van der Waals surface area contributed by atoms with Crippen molar-refractivity contribution in [3.8, 4) is 17.2 Å². The van der Waals surface area contributed by atoms with E-state index < -0.39 is 0 Å². The Morgan fingerprint density at radius 2 is 2.04 bits per heavy atom. The van der Waals surface area contributed by atoms with E-state index in [2.05, 4.69) is 26.5 Å². The van der Waals surface area contributed by atoms with Gasteiger partial charge in [-0.15, -0.1) is 0 Å². The van der Waals surface area contributed by atoms with Gasteiger partial charge in [-0.3, -0.25) is 0 Å². The largest absolute Gasteiger partial charge is 0.503 e. The molecule has 0 aliphatic carbocycles. The maximum Gasteiger partial charge on any atom is 0.172 e. The number of methoxy groups -OCH3 is 1. The second kappa shape index (κ2) is 8.43. The molecule has 0 aliphatic heterocycles. The highest BCUT2D eigenvalue weighted by Gasteiger charge is 2.08. The van der Waals surface area contributed by atoms with E-state index in [0.717, 1.165) is 16.9 Å². The summed E-state index contributed by atoms with van der Waals surface area (Å²) >= 11 is 3.30. The Morgan fingerprint density at radius 1 is 1.26 bits per heavy atom. The number of nitrogens with one attached hydrogen (secondary N) is 1. The molecule has 6 heteroatoms. The van der Waals surface area contributed by atoms with Crippen molar-refractivity contribution in [3.05, 3.63) is 52.0 Å². The SMILES string of the molecule is CCOc1cc(/C=N\NCc2ccccc2OC)cc(Br)c1O. The topological polar surface area (TPSA) is 63.1 Å². The fraction of sp³-hybridized carbons (Fsp3) is 0.235. The molecule has 0 atom stereocenters. The maximum absolute atomic E-state index is 9.89. The Balaban J connectivity index is 2.03. The van der Waals surface area contributed by atoms with Crippen molar-refractivity contribution in [2.24, 2.45) is 5.10 Å². The standard InChI is InChI=1S/C17H19BrN2O3/c1-3-23-16-9-12(8-14(18)17(16)21)10-19-20-11-13-6-4-5-7-15(13)22-2/h4-10,20-21H,3,11H2,1-2H3/b19-10-. The van der Waals surface area contributed by atoms with Crippen LogP contribution < -0.4 is 14.9 Å².